The Morgan fingerprint density at radius 3 is 2.69 bits per heavy atom. The van der Waals surface area contributed by atoms with Gasteiger partial charge in [-0.05, 0) is 48.7 Å². The van der Waals surface area contributed by atoms with Gasteiger partial charge >= 0.3 is 0 Å². The molecule has 1 unspecified atom stereocenters. The summed E-state index contributed by atoms with van der Waals surface area (Å²) in [7, 11) is 0. The first-order valence-corrected chi connectivity index (χ1v) is 13.0. The number of rotatable bonds is 9. The lowest BCUT2D eigenvalue weighted by atomic mass is 9.98. The number of carbonyl (C=O) groups is 1. The van der Waals surface area contributed by atoms with E-state index >= 15 is 0 Å². The van der Waals surface area contributed by atoms with Crippen molar-refractivity contribution in [2.75, 3.05) is 46.0 Å². The highest BCUT2D eigenvalue weighted by molar-refractivity contribution is 6.31. The van der Waals surface area contributed by atoms with Crippen molar-refractivity contribution in [2.45, 2.75) is 32.2 Å². The van der Waals surface area contributed by atoms with Gasteiger partial charge < -0.3 is 18.8 Å². The van der Waals surface area contributed by atoms with Gasteiger partial charge in [-0.2, -0.15) is 0 Å². The summed E-state index contributed by atoms with van der Waals surface area (Å²) in [4.78, 5) is 31.4. The summed E-state index contributed by atoms with van der Waals surface area (Å²) in [6.45, 7) is 7.34. The van der Waals surface area contributed by atoms with Crippen molar-refractivity contribution in [2.24, 2.45) is 0 Å². The van der Waals surface area contributed by atoms with Crippen LogP contribution in [0.25, 0.3) is 11.0 Å². The molecule has 1 amide bonds. The van der Waals surface area contributed by atoms with E-state index in [1.54, 1.807) is 23.1 Å². The molecule has 36 heavy (non-hydrogen) atoms. The Kier molecular flexibility index (Phi) is 7.60. The fourth-order valence-electron chi connectivity index (χ4n) is 4.97. The minimum Gasteiger partial charge on any atom is -0.494 e. The van der Waals surface area contributed by atoms with E-state index < -0.39 is 6.04 Å². The van der Waals surface area contributed by atoms with E-state index in [4.69, 9.17) is 25.5 Å². The van der Waals surface area contributed by atoms with Gasteiger partial charge in [0.2, 0.25) is 5.76 Å². The van der Waals surface area contributed by atoms with E-state index in [1.807, 2.05) is 24.3 Å². The van der Waals surface area contributed by atoms with E-state index in [9.17, 15) is 9.59 Å². The van der Waals surface area contributed by atoms with Crippen LogP contribution in [0.1, 0.15) is 53.9 Å². The summed E-state index contributed by atoms with van der Waals surface area (Å²) < 4.78 is 17.4. The number of halogens is 1. The van der Waals surface area contributed by atoms with Gasteiger partial charge in [0.05, 0.1) is 36.8 Å². The number of amides is 1. The Hall–Kier alpha value is -2.87. The highest BCUT2D eigenvalue weighted by Crippen LogP contribution is 2.39. The van der Waals surface area contributed by atoms with Crippen LogP contribution in [-0.2, 0) is 4.74 Å². The number of carbonyl (C=O) groups excluding carboxylic acids is 1. The second-order valence-electron chi connectivity index (χ2n) is 9.30. The van der Waals surface area contributed by atoms with Gasteiger partial charge in [0.15, 0.2) is 5.43 Å². The first-order chi connectivity index (χ1) is 17.6. The lowest BCUT2D eigenvalue weighted by Crippen LogP contribution is -2.38. The summed E-state index contributed by atoms with van der Waals surface area (Å²) in [5, 5.41) is 0.828. The maximum atomic E-state index is 13.7. The number of hydrogen-bond donors (Lipinski definition) is 0. The molecule has 1 atom stereocenters. The molecule has 0 spiro atoms. The van der Waals surface area contributed by atoms with E-state index in [0.717, 1.165) is 63.4 Å². The van der Waals surface area contributed by atoms with Crippen LogP contribution < -0.4 is 10.2 Å². The van der Waals surface area contributed by atoms with Crippen molar-refractivity contribution in [1.82, 2.24) is 9.80 Å². The molecular formula is C28H31ClN2O5. The second kappa shape index (κ2) is 11.0. The normalized spacial score (nSPS) is 18.1. The van der Waals surface area contributed by atoms with E-state index in [-0.39, 0.29) is 17.1 Å². The van der Waals surface area contributed by atoms with Crippen LogP contribution in [0, 0.1) is 0 Å². The number of benzene rings is 2. The highest BCUT2D eigenvalue weighted by Gasteiger charge is 2.42. The molecule has 0 saturated carbocycles. The molecule has 1 fully saturated rings. The van der Waals surface area contributed by atoms with Gasteiger partial charge in [0.1, 0.15) is 11.3 Å². The molecule has 5 rings (SSSR count). The van der Waals surface area contributed by atoms with Crippen LogP contribution in [-0.4, -0.2) is 61.7 Å². The van der Waals surface area contributed by atoms with Crippen LogP contribution in [0.15, 0.2) is 51.7 Å². The topological polar surface area (TPSA) is 72.2 Å². The zero-order valence-electron chi connectivity index (χ0n) is 20.5. The first kappa shape index (κ1) is 24.8. The molecule has 2 aliphatic rings. The summed E-state index contributed by atoms with van der Waals surface area (Å²) in [6.07, 6.45) is 2.78. The Bertz CT molecular complexity index is 1300. The molecule has 0 aliphatic carbocycles. The van der Waals surface area contributed by atoms with Crippen molar-refractivity contribution >= 4 is 28.5 Å². The van der Waals surface area contributed by atoms with Crippen molar-refractivity contribution in [3.05, 3.63) is 74.6 Å². The minimum absolute atomic E-state index is 0.114. The SMILES string of the molecule is CCCCOc1cccc(C2c3c(oc4ccc(Cl)cc4c3=O)C(=O)N2CCCN2CCOCC2)c1. The zero-order valence-corrected chi connectivity index (χ0v) is 21.3. The molecule has 3 aromatic rings. The first-order valence-electron chi connectivity index (χ1n) is 12.7. The molecule has 1 saturated heterocycles. The van der Waals surface area contributed by atoms with Crippen molar-refractivity contribution in [3.8, 4) is 5.75 Å². The second-order valence-corrected chi connectivity index (χ2v) is 9.73. The third-order valence-electron chi connectivity index (χ3n) is 6.85. The maximum absolute atomic E-state index is 13.7. The smallest absolute Gasteiger partial charge is 0.290 e. The average molecular weight is 511 g/mol. The van der Waals surface area contributed by atoms with Crippen LogP contribution in [0.3, 0.4) is 0 Å². The quantitative estimate of drug-likeness (QED) is 0.381. The van der Waals surface area contributed by atoms with Gasteiger partial charge in [-0.3, -0.25) is 14.5 Å². The summed E-state index contributed by atoms with van der Waals surface area (Å²) in [6, 6.07) is 12.0. The fourth-order valence-corrected chi connectivity index (χ4v) is 5.14. The van der Waals surface area contributed by atoms with Gasteiger partial charge in [0, 0.05) is 31.2 Å². The van der Waals surface area contributed by atoms with Crippen LogP contribution in [0.2, 0.25) is 5.02 Å². The molecule has 190 valence electrons. The Morgan fingerprint density at radius 2 is 1.89 bits per heavy atom. The Balaban J connectivity index is 1.51. The van der Waals surface area contributed by atoms with Gasteiger partial charge in [-0.15, -0.1) is 0 Å². The molecular weight excluding hydrogens is 480 g/mol. The molecule has 0 bridgehead atoms. The van der Waals surface area contributed by atoms with Gasteiger partial charge in [-0.1, -0.05) is 37.1 Å². The summed E-state index contributed by atoms with van der Waals surface area (Å²) in [5.74, 6) is 0.579. The van der Waals surface area contributed by atoms with Gasteiger partial charge in [-0.25, -0.2) is 0 Å². The molecule has 3 heterocycles. The van der Waals surface area contributed by atoms with E-state index in [1.165, 1.54) is 0 Å². The lowest BCUT2D eigenvalue weighted by molar-refractivity contribution is 0.0353. The summed E-state index contributed by atoms with van der Waals surface area (Å²) >= 11 is 6.19. The van der Waals surface area contributed by atoms with Crippen molar-refractivity contribution in [1.29, 1.82) is 0 Å². The Labute approximate surface area is 215 Å². The number of hydrogen-bond acceptors (Lipinski definition) is 6. The average Bonchev–Trinajstić information content (AvgIpc) is 3.17. The fraction of sp³-hybridized carbons (Fsp3) is 0.429. The monoisotopic (exact) mass is 510 g/mol. The van der Waals surface area contributed by atoms with Crippen molar-refractivity contribution < 1.29 is 18.7 Å². The van der Waals surface area contributed by atoms with Crippen molar-refractivity contribution in [3.63, 3.8) is 0 Å². The minimum atomic E-state index is -0.549. The number of ether oxygens (including phenoxy) is 2. The molecule has 0 N–H and O–H groups in total. The molecule has 2 aliphatic heterocycles. The number of fused-ring (bicyclic) bond motifs is 2. The number of morpholine rings is 1. The zero-order chi connectivity index (χ0) is 25.1. The molecule has 2 aromatic carbocycles. The molecule has 0 radical (unpaired) electrons. The highest BCUT2D eigenvalue weighted by atomic mass is 35.5. The standard InChI is InChI=1S/C28H31ClN2O5/c1-2-3-14-35-21-7-4-6-19(17-21)25-24-26(32)22-18-20(29)8-9-23(22)36-27(24)28(33)31(25)11-5-10-30-12-15-34-16-13-30/h4,6-9,17-18,25H,2-3,5,10-16H2,1H3. The van der Waals surface area contributed by atoms with Gasteiger partial charge in [0.25, 0.3) is 5.91 Å². The van der Waals surface area contributed by atoms with E-state index in [0.29, 0.717) is 34.7 Å². The van der Waals surface area contributed by atoms with Crippen LogP contribution in [0.4, 0.5) is 0 Å². The predicted molar refractivity (Wildman–Crippen MR) is 139 cm³/mol. The maximum Gasteiger partial charge on any atom is 0.290 e. The molecule has 1 aromatic heterocycles. The van der Waals surface area contributed by atoms with Crippen LogP contribution in [0.5, 0.6) is 5.75 Å². The number of unbranched alkanes of at least 4 members (excludes halogenated alkanes) is 1. The largest absolute Gasteiger partial charge is 0.494 e. The van der Waals surface area contributed by atoms with Crippen LogP contribution >= 0.6 is 11.6 Å². The predicted octanol–water partition coefficient (Wildman–Crippen LogP) is 4.89. The molecule has 8 heteroatoms. The third-order valence-corrected chi connectivity index (χ3v) is 7.08. The Morgan fingerprint density at radius 1 is 1.06 bits per heavy atom. The summed E-state index contributed by atoms with van der Waals surface area (Å²) in [5.41, 5.74) is 1.34. The molecule has 7 nitrogen and oxygen atoms in total. The van der Waals surface area contributed by atoms with E-state index in [2.05, 4.69) is 11.8 Å². The number of nitrogens with zero attached hydrogens (tertiary/aromatic N) is 2. The third kappa shape index (κ3) is 5.01. The lowest BCUT2D eigenvalue weighted by Gasteiger charge is -2.29.